The fourth-order valence-electron chi connectivity index (χ4n) is 3.82. The van der Waals surface area contributed by atoms with Crippen LogP contribution < -0.4 is 16.0 Å². The molecule has 2 aromatic rings. The van der Waals surface area contributed by atoms with E-state index in [1.165, 1.54) is 22.5 Å². The van der Waals surface area contributed by atoms with Crippen molar-refractivity contribution < 1.29 is 27.5 Å². The molecule has 0 bridgehead atoms. The number of nitrogens with zero attached hydrogens (tertiary/aromatic N) is 2. The van der Waals surface area contributed by atoms with E-state index in [4.69, 9.17) is 15.2 Å². The van der Waals surface area contributed by atoms with Crippen LogP contribution in [0.15, 0.2) is 47.4 Å². The first kappa shape index (κ1) is 23.2. The van der Waals surface area contributed by atoms with Crippen molar-refractivity contribution in [2.45, 2.75) is 4.90 Å². The predicted molar refractivity (Wildman–Crippen MR) is 122 cm³/mol. The normalized spacial score (nSPS) is 17.5. The lowest BCUT2D eigenvalue weighted by molar-refractivity contribution is 0.0730. The lowest BCUT2D eigenvalue weighted by Crippen LogP contribution is -2.41. The van der Waals surface area contributed by atoms with E-state index in [-0.39, 0.29) is 29.1 Å². The smallest absolute Gasteiger partial charge is 0.257 e. The van der Waals surface area contributed by atoms with E-state index < -0.39 is 21.8 Å². The van der Waals surface area contributed by atoms with E-state index in [0.29, 0.717) is 50.9 Å². The zero-order chi connectivity index (χ0) is 23.4. The number of primary amides is 1. The van der Waals surface area contributed by atoms with Crippen molar-refractivity contribution in [2.75, 3.05) is 62.8 Å². The molecule has 4 rings (SSSR count). The second-order valence-electron chi connectivity index (χ2n) is 7.69. The third-order valence-corrected chi connectivity index (χ3v) is 7.47. The summed E-state index contributed by atoms with van der Waals surface area (Å²) in [6.45, 7) is 3.35. The third-order valence-electron chi connectivity index (χ3n) is 5.58. The van der Waals surface area contributed by atoms with Crippen LogP contribution in [-0.2, 0) is 19.5 Å². The van der Waals surface area contributed by atoms with Gasteiger partial charge in [-0.1, -0.05) is 6.07 Å². The van der Waals surface area contributed by atoms with Crippen molar-refractivity contribution in [1.82, 2.24) is 4.31 Å². The number of nitrogens with one attached hydrogen (secondary N) is 1. The van der Waals surface area contributed by atoms with Crippen LogP contribution in [0.5, 0.6) is 0 Å². The molecular weight excluding hydrogens is 448 g/mol. The molecule has 11 heteroatoms. The maximum Gasteiger partial charge on any atom is 0.257 e. The number of hydrogen-bond donors (Lipinski definition) is 2. The molecule has 2 aromatic carbocycles. The second-order valence-corrected chi connectivity index (χ2v) is 9.63. The monoisotopic (exact) mass is 474 g/mol. The molecule has 2 amide bonds. The minimum atomic E-state index is -3.79. The van der Waals surface area contributed by atoms with Crippen molar-refractivity contribution in [1.29, 1.82) is 0 Å². The number of rotatable bonds is 6. The molecule has 0 saturated carbocycles. The van der Waals surface area contributed by atoms with Gasteiger partial charge in [0.2, 0.25) is 15.9 Å². The number of amides is 2. The molecule has 2 fully saturated rings. The minimum absolute atomic E-state index is 0.0393. The summed E-state index contributed by atoms with van der Waals surface area (Å²) in [5.74, 6) is -1.10. The Labute approximate surface area is 192 Å². The Kier molecular flexibility index (Phi) is 6.94. The van der Waals surface area contributed by atoms with Crippen molar-refractivity contribution >= 4 is 33.2 Å². The van der Waals surface area contributed by atoms with Gasteiger partial charge in [-0.2, -0.15) is 4.31 Å². The number of hydrogen-bond acceptors (Lipinski definition) is 7. The molecule has 33 heavy (non-hydrogen) atoms. The number of anilines is 2. The largest absolute Gasteiger partial charge is 0.379 e. The van der Waals surface area contributed by atoms with Gasteiger partial charge in [-0.05, 0) is 36.4 Å². The molecule has 0 radical (unpaired) electrons. The fourth-order valence-corrected chi connectivity index (χ4v) is 5.26. The summed E-state index contributed by atoms with van der Waals surface area (Å²) in [5.41, 5.74) is 6.80. The Bertz CT molecular complexity index is 1140. The zero-order valence-electron chi connectivity index (χ0n) is 18.0. The number of carbonyl (C=O) groups is 2. The summed E-state index contributed by atoms with van der Waals surface area (Å²) in [6, 6.07) is 10.9. The summed E-state index contributed by atoms with van der Waals surface area (Å²) in [7, 11) is -3.79. The Balaban J connectivity index is 1.69. The van der Waals surface area contributed by atoms with E-state index in [1.807, 2.05) is 4.90 Å². The lowest BCUT2D eigenvalue weighted by Gasteiger charge is -2.31. The zero-order valence-corrected chi connectivity index (χ0v) is 18.8. The minimum Gasteiger partial charge on any atom is -0.379 e. The lowest BCUT2D eigenvalue weighted by atomic mass is 10.1. The Morgan fingerprint density at radius 1 is 0.909 bits per heavy atom. The first-order chi connectivity index (χ1) is 15.9. The molecule has 176 valence electrons. The first-order valence-corrected chi connectivity index (χ1v) is 12.1. The van der Waals surface area contributed by atoms with E-state index in [1.54, 1.807) is 24.3 Å². The standard InChI is InChI=1S/C22H26N4O6S/c23-21(27)16-2-1-3-17(14-16)24-22(28)19-15-18(33(29,30)26-8-12-32-13-9-26)4-5-20(19)25-6-10-31-11-7-25/h1-5,14-15H,6-13H2,(H2,23,27)(H,24,28). The topological polar surface area (TPSA) is 131 Å². The van der Waals surface area contributed by atoms with Crippen LogP contribution in [0.1, 0.15) is 20.7 Å². The molecule has 0 aliphatic carbocycles. The molecule has 2 heterocycles. The van der Waals surface area contributed by atoms with Gasteiger partial charge >= 0.3 is 0 Å². The van der Waals surface area contributed by atoms with E-state index >= 15 is 0 Å². The fraction of sp³-hybridized carbons (Fsp3) is 0.364. The number of carbonyl (C=O) groups excluding carboxylic acids is 2. The van der Waals surface area contributed by atoms with E-state index in [2.05, 4.69) is 5.32 Å². The summed E-state index contributed by atoms with van der Waals surface area (Å²) < 4.78 is 38.4. The highest BCUT2D eigenvalue weighted by molar-refractivity contribution is 7.89. The molecule has 2 aliphatic heterocycles. The van der Waals surface area contributed by atoms with E-state index in [0.717, 1.165) is 0 Å². The Hall–Kier alpha value is -2.99. The molecule has 0 aromatic heterocycles. The van der Waals surface area contributed by atoms with Crippen LogP contribution in [0.4, 0.5) is 11.4 Å². The summed E-state index contributed by atoms with van der Waals surface area (Å²) in [5, 5.41) is 2.76. The molecule has 0 unspecified atom stereocenters. The maximum absolute atomic E-state index is 13.3. The Morgan fingerprint density at radius 3 is 2.24 bits per heavy atom. The third kappa shape index (κ3) is 5.17. The van der Waals surface area contributed by atoms with Crippen LogP contribution in [0.2, 0.25) is 0 Å². The van der Waals surface area contributed by atoms with Crippen LogP contribution >= 0.6 is 0 Å². The summed E-state index contributed by atoms with van der Waals surface area (Å²) in [4.78, 5) is 26.8. The van der Waals surface area contributed by atoms with Gasteiger partial charge in [0.15, 0.2) is 0 Å². The number of morpholine rings is 2. The molecule has 2 saturated heterocycles. The second kappa shape index (κ2) is 9.87. The van der Waals surface area contributed by atoms with Crippen molar-refractivity contribution in [3.8, 4) is 0 Å². The maximum atomic E-state index is 13.3. The van der Waals surface area contributed by atoms with E-state index in [9.17, 15) is 18.0 Å². The summed E-state index contributed by atoms with van der Waals surface area (Å²) in [6.07, 6.45) is 0. The first-order valence-electron chi connectivity index (χ1n) is 10.6. The van der Waals surface area contributed by atoms with Gasteiger partial charge in [-0.15, -0.1) is 0 Å². The number of ether oxygens (including phenoxy) is 2. The number of nitrogens with two attached hydrogens (primary N) is 1. The SMILES string of the molecule is NC(=O)c1cccc(NC(=O)c2cc(S(=O)(=O)N3CCOCC3)ccc2N2CCOCC2)c1. The van der Waals surface area contributed by atoms with Gasteiger partial charge in [0.05, 0.1) is 36.9 Å². The van der Waals surface area contributed by atoms with Gasteiger partial charge < -0.3 is 25.4 Å². The van der Waals surface area contributed by atoms with Gasteiger partial charge in [0, 0.05) is 43.1 Å². The molecule has 10 nitrogen and oxygen atoms in total. The van der Waals surface area contributed by atoms with Crippen molar-refractivity contribution in [3.05, 3.63) is 53.6 Å². The highest BCUT2D eigenvalue weighted by Crippen LogP contribution is 2.28. The summed E-state index contributed by atoms with van der Waals surface area (Å²) >= 11 is 0. The average molecular weight is 475 g/mol. The van der Waals surface area contributed by atoms with Crippen LogP contribution in [-0.4, -0.2) is 77.1 Å². The predicted octanol–water partition coefficient (Wildman–Crippen LogP) is 0.895. The van der Waals surface area contributed by atoms with Gasteiger partial charge in [-0.3, -0.25) is 9.59 Å². The van der Waals surface area contributed by atoms with Gasteiger partial charge in [-0.25, -0.2) is 8.42 Å². The molecule has 0 spiro atoms. The average Bonchev–Trinajstić information content (AvgIpc) is 2.85. The molecule has 0 atom stereocenters. The number of benzene rings is 2. The van der Waals surface area contributed by atoms with Crippen molar-refractivity contribution in [3.63, 3.8) is 0 Å². The highest BCUT2D eigenvalue weighted by Gasteiger charge is 2.29. The van der Waals surface area contributed by atoms with Gasteiger partial charge in [0.1, 0.15) is 0 Å². The highest BCUT2D eigenvalue weighted by atomic mass is 32.2. The van der Waals surface area contributed by atoms with Crippen LogP contribution in [0.25, 0.3) is 0 Å². The van der Waals surface area contributed by atoms with Crippen LogP contribution in [0, 0.1) is 0 Å². The molecular formula is C22H26N4O6S. The van der Waals surface area contributed by atoms with Crippen LogP contribution in [0.3, 0.4) is 0 Å². The van der Waals surface area contributed by atoms with Gasteiger partial charge in [0.25, 0.3) is 5.91 Å². The Morgan fingerprint density at radius 2 is 1.58 bits per heavy atom. The molecule has 2 aliphatic rings. The quantitative estimate of drug-likeness (QED) is 0.636. The molecule has 3 N–H and O–H groups in total. The number of sulfonamides is 1. The van der Waals surface area contributed by atoms with Crippen molar-refractivity contribution in [2.24, 2.45) is 5.73 Å².